The van der Waals surface area contributed by atoms with E-state index in [9.17, 15) is 23.1 Å². The molecule has 0 radical (unpaired) electrons. The molecule has 194 valence electrons. The van der Waals surface area contributed by atoms with Gasteiger partial charge in [-0.15, -0.1) is 0 Å². The second kappa shape index (κ2) is 11.5. The lowest BCUT2D eigenvalue weighted by Gasteiger charge is -2.32. The van der Waals surface area contributed by atoms with Crippen LogP contribution in [-0.4, -0.2) is 85.3 Å². The first-order valence-corrected chi connectivity index (χ1v) is 13.8. The molecule has 2 N–H and O–H groups in total. The molecule has 36 heavy (non-hydrogen) atoms. The van der Waals surface area contributed by atoms with Crippen LogP contribution in [0.2, 0.25) is 0 Å². The maximum atomic E-state index is 13.2. The van der Waals surface area contributed by atoms with E-state index in [4.69, 9.17) is 0 Å². The number of rotatable bonds is 9. The van der Waals surface area contributed by atoms with Crippen molar-refractivity contribution < 1.29 is 23.1 Å². The van der Waals surface area contributed by atoms with E-state index < -0.39 is 22.4 Å². The lowest BCUT2D eigenvalue weighted by molar-refractivity contribution is -0.135. The molecule has 0 bridgehead atoms. The highest BCUT2D eigenvalue weighted by molar-refractivity contribution is 7.89. The number of β-amino-alcohol motifs (C(OH)–C–C–N with tert-alkyl or cyclic N) is 1. The minimum atomic E-state index is -3.73. The summed E-state index contributed by atoms with van der Waals surface area (Å²) in [5.74, 6) is -0.944. The maximum Gasteiger partial charge on any atom is 0.245 e. The van der Waals surface area contributed by atoms with Crippen LogP contribution in [0.25, 0.3) is 0 Å². The van der Waals surface area contributed by atoms with E-state index in [0.29, 0.717) is 32.6 Å². The molecule has 0 saturated carbocycles. The fraction of sp³-hybridized carbons (Fsp3) is 0.462. The summed E-state index contributed by atoms with van der Waals surface area (Å²) < 4.78 is 27.6. The molecule has 9 nitrogen and oxygen atoms in total. The molecule has 2 atom stereocenters. The highest BCUT2D eigenvalue weighted by atomic mass is 32.2. The van der Waals surface area contributed by atoms with Crippen molar-refractivity contribution in [2.24, 2.45) is 0 Å². The zero-order valence-corrected chi connectivity index (χ0v) is 21.4. The van der Waals surface area contributed by atoms with Gasteiger partial charge in [0.05, 0.1) is 17.8 Å². The molecule has 0 spiro atoms. The number of benzene rings is 2. The van der Waals surface area contributed by atoms with E-state index in [1.807, 2.05) is 30.3 Å². The second-order valence-electron chi connectivity index (χ2n) is 9.47. The molecule has 2 amide bonds. The summed E-state index contributed by atoms with van der Waals surface area (Å²) in [6.07, 6.45) is 1.54. The molecule has 10 heteroatoms. The standard InChI is InChI=1S/C26H34N4O5S/c1-28(23(20-9-3-2-4-10-20)19-29-16-13-21(31)18-29)26(33)17-25(32)27-22-11-5-6-12-24(22)36(34,35)30-14-7-8-15-30/h2-6,9-12,21,23,31H,7-8,13-19H2,1H3,(H,27,32)/t21?,23-/m1/s1. The van der Waals surface area contributed by atoms with Gasteiger partial charge in [-0.25, -0.2) is 8.42 Å². The molecule has 2 fully saturated rings. The van der Waals surface area contributed by atoms with Gasteiger partial charge in [0.15, 0.2) is 0 Å². The lowest BCUT2D eigenvalue weighted by Crippen LogP contribution is -2.40. The van der Waals surface area contributed by atoms with Crippen molar-refractivity contribution in [3.05, 3.63) is 60.2 Å². The van der Waals surface area contributed by atoms with Gasteiger partial charge in [0.25, 0.3) is 0 Å². The van der Waals surface area contributed by atoms with Crippen molar-refractivity contribution >= 4 is 27.5 Å². The second-order valence-corrected chi connectivity index (χ2v) is 11.4. The predicted octanol–water partition coefficient (Wildman–Crippen LogP) is 2.07. The first kappa shape index (κ1) is 26.3. The number of anilines is 1. The average Bonchev–Trinajstić information content (AvgIpc) is 3.55. The van der Waals surface area contributed by atoms with Gasteiger partial charge in [-0.1, -0.05) is 42.5 Å². The Morgan fingerprint density at radius 2 is 1.72 bits per heavy atom. The van der Waals surface area contributed by atoms with Gasteiger partial charge < -0.3 is 15.3 Å². The number of hydrogen-bond acceptors (Lipinski definition) is 6. The quantitative estimate of drug-likeness (QED) is 0.496. The molecule has 2 aromatic rings. The van der Waals surface area contributed by atoms with Crippen molar-refractivity contribution in [1.82, 2.24) is 14.1 Å². The van der Waals surface area contributed by atoms with Crippen molar-refractivity contribution in [3.8, 4) is 0 Å². The number of sulfonamides is 1. The monoisotopic (exact) mass is 514 g/mol. The Labute approximate surface area is 212 Å². The Hall–Kier alpha value is -2.79. The van der Waals surface area contributed by atoms with E-state index in [-0.39, 0.29) is 28.6 Å². The molecule has 2 aliphatic heterocycles. The average molecular weight is 515 g/mol. The molecule has 2 heterocycles. The summed E-state index contributed by atoms with van der Waals surface area (Å²) in [6, 6.07) is 15.6. The molecule has 0 aromatic heterocycles. The number of aliphatic hydroxyl groups excluding tert-OH is 1. The third kappa shape index (κ3) is 6.12. The number of likely N-dealkylation sites (tertiary alicyclic amines) is 1. The number of carbonyl (C=O) groups is 2. The molecule has 1 unspecified atom stereocenters. The fourth-order valence-corrected chi connectivity index (χ4v) is 6.51. The van der Waals surface area contributed by atoms with Crippen LogP contribution in [0.1, 0.15) is 37.3 Å². The number of para-hydroxylation sites is 1. The lowest BCUT2D eigenvalue weighted by atomic mass is 10.0. The van der Waals surface area contributed by atoms with Crippen molar-refractivity contribution in [3.63, 3.8) is 0 Å². The van der Waals surface area contributed by atoms with Gasteiger partial charge in [-0.2, -0.15) is 4.31 Å². The van der Waals surface area contributed by atoms with Crippen LogP contribution >= 0.6 is 0 Å². The first-order valence-electron chi connectivity index (χ1n) is 12.4. The SMILES string of the molecule is CN(C(=O)CC(=O)Nc1ccccc1S(=O)(=O)N1CCCC1)[C@H](CN1CCC(O)C1)c1ccccc1. The van der Waals surface area contributed by atoms with Crippen LogP contribution in [0.4, 0.5) is 5.69 Å². The predicted molar refractivity (Wildman–Crippen MR) is 137 cm³/mol. The summed E-state index contributed by atoms with van der Waals surface area (Å²) >= 11 is 0. The molecular formula is C26H34N4O5S. The number of aliphatic hydroxyl groups is 1. The number of likely N-dealkylation sites (N-methyl/N-ethyl adjacent to an activating group) is 1. The van der Waals surface area contributed by atoms with Crippen LogP contribution in [0.15, 0.2) is 59.5 Å². The van der Waals surface area contributed by atoms with Gasteiger partial charge in [0.1, 0.15) is 11.3 Å². The van der Waals surface area contributed by atoms with E-state index in [0.717, 1.165) is 24.9 Å². The number of amides is 2. The Morgan fingerprint density at radius 3 is 2.39 bits per heavy atom. The van der Waals surface area contributed by atoms with Crippen LogP contribution in [0.5, 0.6) is 0 Å². The molecule has 0 aliphatic carbocycles. The largest absolute Gasteiger partial charge is 0.392 e. The van der Waals surface area contributed by atoms with Gasteiger partial charge in [0.2, 0.25) is 21.8 Å². The zero-order chi connectivity index (χ0) is 25.7. The maximum absolute atomic E-state index is 13.2. The summed E-state index contributed by atoms with van der Waals surface area (Å²) in [4.78, 5) is 29.7. The van der Waals surface area contributed by atoms with Crippen LogP contribution < -0.4 is 5.32 Å². The zero-order valence-electron chi connectivity index (χ0n) is 20.5. The van der Waals surface area contributed by atoms with E-state index >= 15 is 0 Å². The minimum absolute atomic E-state index is 0.0378. The first-order chi connectivity index (χ1) is 17.3. The van der Waals surface area contributed by atoms with E-state index in [1.54, 1.807) is 30.1 Å². The van der Waals surface area contributed by atoms with Gasteiger partial charge >= 0.3 is 0 Å². The molecule has 2 aliphatic rings. The number of nitrogens with zero attached hydrogens (tertiary/aromatic N) is 3. The number of nitrogens with one attached hydrogen (secondary N) is 1. The summed E-state index contributed by atoms with van der Waals surface area (Å²) in [6.45, 7) is 2.76. The highest BCUT2D eigenvalue weighted by Gasteiger charge is 2.31. The van der Waals surface area contributed by atoms with Crippen LogP contribution in [0.3, 0.4) is 0 Å². The Balaban J connectivity index is 1.45. The number of hydrogen-bond donors (Lipinski definition) is 2. The summed E-state index contributed by atoms with van der Waals surface area (Å²) in [5, 5.41) is 12.6. The fourth-order valence-electron chi connectivity index (χ4n) is 4.84. The van der Waals surface area contributed by atoms with E-state index in [1.165, 1.54) is 10.4 Å². The van der Waals surface area contributed by atoms with Gasteiger partial charge in [0, 0.05) is 39.8 Å². The number of carbonyl (C=O) groups excluding carboxylic acids is 2. The van der Waals surface area contributed by atoms with E-state index in [2.05, 4.69) is 10.2 Å². The van der Waals surface area contributed by atoms with Gasteiger partial charge in [-0.3, -0.25) is 14.5 Å². The Bertz CT molecular complexity index is 1170. The third-order valence-electron chi connectivity index (χ3n) is 6.88. The normalized spacial score (nSPS) is 19.8. The van der Waals surface area contributed by atoms with Crippen molar-refractivity contribution in [2.75, 3.05) is 45.1 Å². The summed E-state index contributed by atoms with van der Waals surface area (Å²) in [7, 11) is -2.06. The highest BCUT2D eigenvalue weighted by Crippen LogP contribution is 2.28. The smallest absolute Gasteiger partial charge is 0.245 e. The Kier molecular flexibility index (Phi) is 8.40. The van der Waals surface area contributed by atoms with Crippen molar-refractivity contribution in [1.29, 1.82) is 0 Å². The topological polar surface area (TPSA) is 110 Å². The van der Waals surface area contributed by atoms with Gasteiger partial charge in [-0.05, 0) is 37.0 Å². The van der Waals surface area contributed by atoms with Crippen LogP contribution in [0, 0.1) is 0 Å². The molecule has 4 rings (SSSR count). The van der Waals surface area contributed by atoms with Crippen LogP contribution in [-0.2, 0) is 19.6 Å². The van der Waals surface area contributed by atoms with Crippen molar-refractivity contribution in [2.45, 2.75) is 42.7 Å². The molecule has 2 aromatic carbocycles. The summed E-state index contributed by atoms with van der Waals surface area (Å²) in [5.41, 5.74) is 1.12. The molecule has 2 saturated heterocycles. The Morgan fingerprint density at radius 1 is 1.06 bits per heavy atom. The minimum Gasteiger partial charge on any atom is -0.392 e. The molecular weight excluding hydrogens is 480 g/mol. The third-order valence-corrected chi connectivity index (χ3v) is 8.84.